The van der Waals surface area contributed by atoms with Crippen LogP contribution in [0, 0.1) is 6.92 Å². The van der Waals surface area contributed by atoms with E-state index in [1.54, 1.807) is 43.5 Å². The summed E-state index contributed by atoms with van der Waals surface area (Å²) in [5.41, 5.74) is 3.63. The normalized spacial score (nSPS) is 17.1. The number of carbonyl (C=O) groups excluding carboxylic acids is 2. The average Bonchev–Trinajstić information content (AvgIpc) is 3.13. The number of rotatable bonds is 7. The molecule has 1 saturated heterocycles. The first-order valence-corrected chi connectivity index (χ1v) is 12.1. The highest BCUT2D eigenvalue weighted by atomic mass is 16.5. The van der Waals surface area contributed by atoms with E-state index in [1.807, 2.05) is 58.0 Å². The number of aliphatic hydroxyl groups is 1. The molecule has 0 saturated carbocycles. The molecule has 1 N–H and O–H groups in total. The third kappa shape index (κ3) is 4.59. The van der Waals surface area contributed by atoms with Gasteiger partial charge in [0.25, 0.3) is 11.7 Å². The fourth-order valence-electron chi connectivity index (χ4n) is 4.63. The van der Waals surface area contributed by atoms with E-state index >= 15 is 0 Å². The van der Waals surface area contributed by atoms with Crippen molar-refractivity contribution in [3.8, 4) is 11.5 Å². The Labute approximate surface area is 211 Å². The molecule has 1 fully saturated rings. The Morgan fingerprint density at radius 1 is 1.03 bits per heavy atom. The molecule has 1 aliphatic heterocycles. The summed E-state index contributed by atoms with van der Waals surface area (Å²) in [5.74, 6) is -0.226. The summed E-state index contributed by atoms with van der Waals surface area (Å²) in [5, 5.41) is 11.5. The summed E-state index contributed by atoms with van der Waals surface area (Å²) in [6.07, 6.45) is 0. The molecule has 0 aromatic heterocycles. The van der Waals surface area contributed by atoms with Gasteiger partial charge in [0.2, 0.25) is 0 Å². The predicted octanol–water partition coefficient (Wildman–Crippen LogP) is 6.15. The van der Waals surface area contributed by atoms with E-state index in [0.717, 1.165) is 16.7 Å². The lowest BCUT2D eigenvalue weighted by atomic mass is 9.92. The number of nitrogens with zero attached hydrogens (tertiary/aromatic N) is 1. The van der Waals surface area contributed by atoms with Crippen LogP contribution in [0.3, 0.4) is 0 Å². The molecule has 3 aromatic carbocycles. The molecule has 6 heteroatoms. The smallest absolute Gasteiger partial charge is 0.300 e. The first kappa shape index (κ1) is 25.0. The van der Waals surface area contributed by atoms with Crippen LogP contribution >= 0.6 is 0 Å². The molecule has 1 unspecified atom stereocenters. The van der Waals surface area contributed by atoms with Crippen molar-refractivity contribution in [1.29, 1.82) is 0 Å². The van der Waals surface area contributed by atoms with Crippen molar-refractivity contribution in [2.45, 2.75) is 39.7 Å². The quantitative estimate of drug-likeness (QED) is 0.247. The highest BCUT2D eigenvalue weighted by Crippen LogP contribution is 2.43. The van der Waals surface area contributed by atoms with Crippen molar-refractivity contribution in [2.75, 3.05) is 18.6 Å². The predicted molar refractivity (Wildman–Crippen MR) is 141 cm³/mol. The number of methoxy groups -OCH3 is 1. The zero-order valence-electron chi connectivity index (χ0n) is 21.2. The van der Waals surface area contributed by atoms with Crippen molar-refractivity contribution in [1.82, 2.24) is 0 Å². The number of carbonyl (C=O) groups is 2. The third-order valence-corrected chi connectivity index (χ3v) is 6.33. The first-order chi connectivity index (χ1) is 17.3. The van der Waals surface area contributed by atoms with Crippen LogP contribution in [0.5, 0.6) is 11.5 Å². The molecular weight excluding hydrogens is 454 g/mol. The van der Waals surface area contributed by atoms with Gasteiger partial charge in [0, 0.05) is 17.3 Å². The first-order valence-electron chi connectivity index (χ1n) is 12.1. The molecule has 0 spiro atoms. The minimum absolute atomic E-state index is 0.0484. The maximum atomic E-state index is 13.5. The van der Waals surface area contributed by atoms with Gasteiger partial charge in [0.05, 0.1) is 25.3 Å². The summed E-state index contributed by atoms with van der Waals surface area (Å²) in [6, 6.07) is 19.2. The number of hydrogen-bond acceptors (Lipinski definition) is 5. The number of hydrogen-bond donors (Lipinski definition) is 1. The van der Waals surface area contributed by atoms with Gasteiger partial charge < -0.3 is 14.6 Å². The van der Waals surface area contributed by atoms with Crippen molar-refractivity contribution in [3.63, 3.8) is 0 Å². The molecule has 6 nitrogen and oxygen atoms in total. The Bertz CT molecular complexity index is 1340. The van der Waals surface area contributed by atoms with Gasteiger partial charge in [-0.25, -0.2) is 0 Å². The zero-order valence-corrected chi connectivity index (χ0v) is 21.2. The SMILES string of the molecule is CCOc1cccc(N2C(=O)C(=O)/C(=C(\O)c3ccc(OC)c(C(C)C)c3)C2c2cccc(C)c2)c1. The molecule has 1 atom stereocenters. The molecule has 1 amide bonds. The molecular formula is C30H31NO5. The van der Waals surface area contributed by atoms with Crippen LogP contribution in [0.25, 0.3) is 5.76 Å². The van der Waals surface area contributed by atoms with E-state index in [1.165, 1.54) is 4.90 Å². The zero-order chi connectivity index (χ0) is 26.0. The molecule has 1 heterocycles. The van der Waals surface area contributed by atoms with E-state index in [9.17, 15) is 14.7 Å². The summed E-state index contributed by atoms with van der Waals surface area (Å²) in [4.78, 5) is 28.3. The highest BCUT2D eigenvalue weighted by molar-refractivity contribution is 6.51. The number of benzene rings is 3. The fourth-order valence-corrected chi connectivity index (χ4v) is 4.63. The number of aliphatic hydroxyl groups excluding tert-OH is 1. The van der Waals surface area contributed by atoms with Crippen LogP contribution in [0.15, 0.2) is 72.3 Å². The third-order valence-electron chi connectivity index (χ3n) is 6.33. The molecule has 186 valence electrons. The fraction of sp³-hybridized carbons (Fsp3) is 0.267. The van der Waals surface area contributed by atoms with E-state index in [-0.39, 0.29) is 17.3 Å². The number of anilines is 1. The summed E-state index contributed by atoms with van der Waals surface area (Å²) in [7, 11) is 1.60. The molecule has 0 bridgehead atoms. The van der Waals surface area contributed by atoms with Crippen LogP contribution in [-0.4, -0.2) is 30.5 Å². The van der Waals surface area contributed by atoms with Crippen LogP contribution in [0.4, 0.5) is 5.69 Å². The van der Waals surface area contributed by atoms with Crippen LogP contribution < -0.4 is 14.4 Å². The molecule has 0 aliphatic carbocycles. The van der Waals surface area contributed by atoms with E-state index < -0.39 is 17.7 Å². The van der Waals surface area contributed by atoms with Crippen LogP contribution in [0.1, 0.15) is 55.0 Å². The van der Waals surface area contributed by atoms with Gasteiger partial charge in [-0.15, -0.1) is 0 Å². The minimum atomic E-state index is -0.800. The molecule has 36 heavy (non-hydrogen) atoms. The number of amides is 1. The lowest BCUT2D eigenvalue weighted by molar-refractivity contribution is -0.132. The Kier molecular flexibility index (Phi) is 7.15. The Hall–Kier alpha value is -4.06. The van der Waals surface area contributed by atoms with Gasteiger partial charge in [0.1, 0.15) is 17.3 Å². The van der Waals surface area contributed by atoms with Crippen LogP contribution in [0.2, 0.25) is 0 Å². The molecule has 4 rings (SSSR count). The minimum Gasteiger partial charge on any atom is -0.507 e. The topological polar surface area (TPSA) is 76.1 Å². The van der Waals surface area contributed by atoms with Gasteiger partial charge in [-0.3, -0.25) is 14.5 Å². The average molecular weight is 486 g/mol. The second-order valence-electron chi connectivity index (χ2n) is 9.13. The van der Waals surface area contributed by atoms with Crippen LogP contribution in [-0.2, 0) is 9.59 Å². The maximum absolute atomic E-state index is 13.5. The van der Waals surface area contributed by atoms with Crippen molar-refractivity contribution < 1.29 is 24.2 Å². The number of ether oxygens (including phenoxy) is 2. The highest BCUT2D eigenvalue weighted by Gasteiger charge is 2.47. The molecule has 3 aromatic rings. The Morgan fingerprint density at radius 3 is 2.44 bits per heavy atom. The number of aryl methyl sites for hydroxylation is 1. The van der Waals surface area contributed by atoms with E-state index in [0.29, 0.717) is 29.4 Å². The van der Waals surface area contributed by atoms with Gasteiger partial charge in [0.15, 0.2) is 0 Å². The van der Waals surface area contributed by atoms with Crippen molar-refractivity contribution >= 4 is 23.1 Å². The Balaban J connectivity index is 1.94. The molecule has 1 aliphatic rings. The van der Waals surface area contributed by atoms with Crippen molar-refractivity contribution in [3.05, 3.63) is 94.6 Å². The van der Waals surface area contributed by atoms with Gasteiger partial charge in [-0.05, 0) is 61.2 Å². The van der Waals surface area contributed by atoms with Gasteiger partial charge in [-0.2, -0.15) is 0 Å². The second-order valence-corrected chi connectivity index (χ2v) is 9.13. The maximum Gasteiger partial charge on any atom is 0.300 e. The summed E-state index contributed by atoms with van der Waals surface area (Å²) >= 11 is 0. The largest absolute Gasteiger partial charge is 0.507 e. The monoisotopic (exact) mass is 485 g/mol. The van der Waals surface area contributed by atoms with E-state index in [2.05, 4.69) is 0 Å². The summed E-state index contributed by atoms with van der Waals surface area (Å²) < 4.78 is 11.1. The molecule has 0 radical (unpaired) electrons. The Morgan fingerprint density at radius 2 is 1.78 bits per heavy atom. The number of Topliss-reactive ketones (excluding diaryl/α,β-unsaturated/α-hetero) is 1. The summed E-state index contributed by atoms with van der Waals surface area (Å²) in [6.45, 7) is 8.35. The standard InChI is InChI=1S/C30H31NO5/c1-6-36-23-12-8-11-22(17-23)31-27(20-10-7-9-19(4)15-20)26(29(33)30(31)34)28(32)21-13-14-25(35-5)24(16-21)18(2)3/h7-18,27,32H,6H2,1-5H3/b28-26-. The van der Waals surface area contributed by atoms with Gasteiger partial charge >= 0.3 is 0 Å². The van der Waals surface area contributed by atoms with Crippen molar-refractivity contribution in [2.24, 2.45) is 0 Å². The number of ketones is 1. The second kappa shape index (κ2) is 10.3. The van der Waals surface area contributed by atoms with Gasteiger partial charge in [-0.1, -0.05) is 49.7 Å². The lowest BCUT2D eigenvalue weighted by Gasteiger charge is -2.26. The lowest BCUT2D eigenvalue weighted by Crippen LogP contribution is -2.29. The van der Waals surface area contributed by atoms with E-state index in [4.69, 9.17) is 9.47 Å².